The average Bonchev–Trinajstić information content (AvgIpc) is 3.14. The first kappa shape index (κ1) is 14.3. The van der Waals surface area contributed by atoms with Crippen LogP contribution >= 0.6 is 0 Å². The van der Waals surface area contributed by atoms with E-state index in [1.165, 1.54) is 0 Å². The van der Waals surface area contributed by atoms with Gasteiger partial charge in [0.25, 0.3) is 0 Å². The fourth-order valence-corrected chi connectivity index (χ4v) is 3.70. The van der Waals surface area contributed by atoms with E-state index in [-0.39, 0.29) is 5.41 Å². The molecule has 0 aliphatic heterocycles. The minimum atomic E-state index is -0.701. The summed E-state index contributed by atoms with van der Waals surface area (Å²) in [6.07, 6.45) is 6.64. The molecule has 3 nitrogen and oxygen atoms in total. The lowest BCUT2D eigenvalue weighted by atomic mass is 9.57. The SMILES string of the molecule is COCC(O)(C1CC1)C1(CN)CCC(C)(C)CC1. The molecule has 0 amide bonds. The maximum Gasteiger partial charge on any atom is 0.0975 e. The topological polar surface area (TPSA) is 55.5 Å². The standard InChI is InChI=1S/C15H29NO2/c1-13(2)6-8-14(10-16,9-7-13)15(17,11-18-3)12-4-5-12/h12,17H,4-11,16H2,1-3H3. The van der Waals surface area contributed by atoms with Gasteiger partial charge in [0.2, 0.25) is 0 Å². The molecule has 2 aliphatic rings. The third kappa shape index (κ3) is 2.33. The zero-order chi connectivity index (χ0) is 13.4. The largest absolute Gasteiger partial charge is 0.387 e. The van der Waals surface area contributed by atoms with Crippen LogP contribution in [0.15, 0.2) is 0 Å². The van der Waals surface area contributed by atoms with Gasteiger partial charge in [-0.15, -0.1) is 0 Å². The van der Waals surface area contributed by atoms with Crippen molar-refractivity contribution in [3.05, 3.63) is 0 Å². The van der Waals surface area contributed by atoms with Crippen molar-refractivity contribution in [2.75, 3.05) is 20.3 Å². The van der Waals surface area contributed by atoms with Crippen LogP contribution in [0, 0.1) is 16.7 Å². The molecule has 106 valence electrons. The van der Waals surface area contributed by atoms with Crippen LogP contribution in [-0.4, -0.2) is 31.0 Å². The van der Waals surface area contributed by atoms with E-state index >= 15 is 0 Å². The smallest absolute Gasteiger partial charge is 0.0975 e. The lowest BCUT2D eigenvalue weighted by Crippen LogP contribution is -2.58. The van der Waals surface area contributed by atoms with Gasteiger partial charge < -0.3 is 15.6 Å². The van der Waals surface area contributed by atoms with E-state index in [9.17, 15) is 5.11 Å². The monoisotopic (exact) mass is 255 g/mol. The van der Waals surface area contributed by atoms with Crippen LogP contribution in [0.3, 0.4) is 0 Å². The fraction of sp³-hybridized carbons (Fsp3) is 1.00. The molecule has 2 aliphatic carbocycles. The van der Waals surface area contributed by atoms with Crippen molar-refractivity contribution < 1.29 is 9.84 Å². The van der Waals surface area contributed by atoms with Crippen molar-refractivity contribution in [3.8, 4) is 0 Å². The van der Waals surface area contributed by atoms with Gasteiger partial charge in [-0.05, 0) is 49.9 Å². The normalized spacial score (nSPS) is 29.8. The summed E-state index contributed by atoms with van der Waals surface area (Å²) in [5, 5.41) is 11.2. The number of methoxy groups -OCH3 is 1. The van der Waals surface area contributed by atoms with Crippen molar-refractivity contribution in [1.29, 1.82) is 0 Å². The van der Waals surface area contributed by atoms with E-state index in [0.717, 1.165) is 38.5 Å². The molecule has 3 N–H and O–H groups in total. The molecule has 18 heavy (non-hydrogen) atoms. The van der Waals surface area contributed by atoms with E-state index in [1.54, 1.807) is 7.11 Å². The van der Waals surface area contributed by atoms with E-state index in [2.05, 4.69) is 13.8 Å². The van der Waals surface area contributed by atoms with Crippen LogP contribution in [0.2, 0.25) is 0 Å². The van der Waals surface area contributed by atoms with Gasteiger partial charge in [-0.25, -0.2) is 0 Å². The van der Waals surface area contributed by atoms with E-state index in [1.807, 2.05) is 0 Å². The molecule has 0 aromatic carbocycles. The molecular formula is C15H29NO2. The van der Waals surface area contributed by atoms with Crippen LogP contribution < -0.4 is 5.73 Å². The van der Waals surface area contributed by atoms with Crippen molar-refractivity contribution in [1.82, 2.24) is 0 Å². The lowest BCUT2D eigenvalue weighted by Gasteiger charge is -2.52. The highest BCUT2D eigenvalue weighted by molar-refractivity contribution is 5.09. The van der Waals surface area contributed by atoms with Crippen molar-refractivity contribution >= 4 is 0 Å². The minimum Gasteiger partial charge on any atom is -0.387 e. The van der Waals surface area contributed by atoms with Crippen molar-refractivity contribution in [3.63, 3.8) is 0 Å². The Hall–Kier alpha value is -0.120. The molecule has 1 atom stereocenters. The molecule has 0 spiro atoms. The summed E-state index contributed by atoms with van der Waals surface area (Å²) in [5.74, 6) is 0.405. The van der Waals surface area contributed by atoms with Gasteiger partial charge in [-0.3, -0.25) is 0 Å². The quantitative estimate of drug-likeness (QED) is 0.792. The van der Waals surface area contributed by atoms with Gasteiger partial charge in [0.15, 0.2) is 0 Å². The average molecular weight is 255 g/mol. The second-order valence-corrected chi connectivity index (χ2v) is 7.28. The zero-order valence-electron chi connectivity index (χ0n) is 12.2. The summed E-state index contributed by atoms with van der Waals surface area (Å²) in [5.41, 5.74) is 5.67. The number of ether oxygens (including phenoxy) is 1. The van der Waals surface area contributed by atoms with Gasteiger partial charge in [0.05, 0.1) is 12.2 Å². The molecule has 1 unspecified atom stereocenters. The van der Waals surface area contributed by atoms with Crippen LogP contribution in [0.1, 0.15) is 52.4 Å². The summed E-state index contributed by atoms with van der Waals surface area (Å²) < 4.78 is 5.33. The number of nitrogens with two attached hydrogens (primary N) is 1. The number of hydrogen-bond acceptors (Lipinski definition) is 3. The van der Waals surface area contributed by atoms with E-state index in [4.69, 9.17) is 10.5 Å². The fourth-order valence-electron chi connectivity index (χ4n) is 3.70. The van der Waals surface area contributed by atoms with Gasteiger partial charge in [-0.1, -0.05) is 13.8 Å². The molecule has 0 bridgehead atoms. The molecule has 2 fully saturated rings. The summed E-state index contributed by atoms with van der Waals surface area (Å²) >= 11 is 0. The third-order valence-electron chi connectivity index (χ3n) is 5.49. The Morgan fingerprint density at radius 2 is 1.78 bits per heavy atom. The number of hydrogen-bond donors (Lipinski definition) is 2. The second-order valence-electron chi connectivity index (χ2n) is 7.28. The third-order valence-corrected chi connectivity index (χ3v) is 5.49. The van der Waals surface area contributed by atoms with Crippen LogP contribution in [0.4, 0.5) is 0 Å². The van der Waals surface area contributed by atoms with Gasteiger partial charge in [-0.2, -0.15) is 0 Å². The van der Waals surface area contributed by atoms with Crippen LogP contribution in [0.25, 0.3) is 0 Å². The Labute approximate surface area is 111 Å². The van der Waals surface area contributed by atoms with Crippen LogP contribution in [0.5, 0.6) is 0 Å². The second kappa shape index (κ2) is 4.77. The first-order valence-corrected chi connectivity index (χ1v) is 7.31. The molecule has 0 aromatic heterocycles. The summed E-state index contributed by atoms with van der Waals surface area (Å²) in [7, 11) is 1.68. The van der Waals surface area contributed by atoms with Crippen molar-refractivity contribution in [2.45, 2.75) is 58.0 Å². The highest BCUT2D eigenvalue weighted by Crippen LogP contribution is 2.57. The zero-order valence-corrected chi connectivity index (χ0v) is 12.2. The Morgan fingerprint density at radius 3 is 2.17 bits per heavy atom. The first-order chi connectivity index (χ1) is 8.39. The van der Waals surface area contributed by atoms with Gasteiger partial charge in [0, 0.05) is 19.1 Å². The lowest BCUT2D eigenvalue weighted by molar-refractivity contribution is -0.158. The molecule has 0 saturated heterocycles. The Balaban J connectivity index is 2.20. The Kier molecular flexibility index (Phi) is 3.79. The van der Waals surface area contributed by atoms with Crippen LogP contribution in [-0.2, 0) is 4.74 Å². The predicted octanol–water partition coefficient (Wildman–Crippen LogP) is 2.32. The summed E-state index contributed by atoms with van der Waals surface area (Å²) in [6, 6.07) is 0. The van der Waals surface area contributed by atoms with Gasteiger partial charge >= 0.3 is 0 Å². The number of rotatable bonds is 5. The molecule has 0 heterocycles. The van der Waals surface area contributed by atoms with E-state index in [0.29, 0.717) is 24.5 Å². The minimum absolute atomic E-state index is 0.125. The predicted molar refractivity (Wildman–Crippen MR) is 73.3 cm³/mol. The molecule has 0 radical (unpaired) electrons. The molecule has 2 rings (SSSR count). The highest BCUT2D eigenvalue weighted by Gasteiger charge is 2.58. The Morgan fingerprint density at radius 1 is 1.22 bits per heavy atom. The Bertz CT molecular complexity index is 289. The molecule has 0 aromatic rings. The van der Waals surface area contributed by atoms with Gasteiger partial charge in [0.1, 0.15) is 0 Å². The highest BCUT2D eigenvalue weighted by atomic mass is 16.5. The molecule has 2 saturated carbocycles. The summed E-state index contributed by atoms with van der Waals surface area (Å²) in [4.78, 5) is 0. The number of aliphatic hydroxyl groups is 1. The summed E-state index contributed by atoms with van der Waals surface area (Å²) in [6.45, 7) is 5.66. The molecule has 3 heteroatoms. The maximum atomic E-state index is 11.2. The van der Waals surface area contributed by atoms with Crippen molar-refractivity contribution in [2.24, 2.45) is 22.5 Å². The first-order valence-electron chi connectivity index (χ1n) is 7.31. The van der Waals surface area contributed by atoms with E-state index < -0.39 is 5.60 Å². The maximum absolute atomic E-state index is 11.2. The molecular weight excluding hydrogens is 226 g/mol.